The second-order valence-electron chi connectivity index (χ2n) is 6.29. The molecule has 24 heavy (non-hydrogen) atoms. The van der Waals surface area contributed by atoms with Crippen LogP contribution in [0, 0.1) is 20.8 Å². The van der Waals surface area contributed by atoms with Gasteiger partial charge in [0.15, 0.2) is 0 Å². The maximum Gasteiger partial charge on any atom is 0.274 e. The second kappa shape index (κ2) is 6.48. The molecule has 3 rings (SSSR count). The van der Waals surface area contributed by atoms with Gasteiger partial charge in [-0.3, -0.25) is 9.20 Å². The molecular formula is C20H23N3O. The van der Waals surface area contributed by atoms with Gasteiger partial charge in [-0.2, -0.15) is 0 Å². The third kappa shape index (κ3) is 2.92. The molecule has 0 aliphatic carbocycles. The molecule has 0 bridgehead atoms. The van der Waals surface area contributed by atoms with Crippen molar-refractivity contribution in [2.75, 3.05) is 5.32 Å². The highest BCUT2D eigenvalue weighted by Gasteiger charge is 2.19. The molecule has 2 aromatic heterocycles. The fourth-order valence-corrected chi connectivity index (χ4v) is 2.91. The molecule has 0 saturated heterocycles. The smallest absolute Gasteiger partial charge is 0.274 e. The maximum atomic E-state index is 13.0. The van der Waals surface area contributed by atoms with E-state index in [0.29, 0.717) is 5.69 Å². The van der Waals surface area contributed by atoms with Crippen molar-refractivity contribution in [2.24, 2.45) is 0 Å². The summed E-state index contributed by atoms with van der Waals surface area (Å²) in [6, 6.07) is 9.95. The lowest BCUT2D eigenvalue weighted by Crippen LogP contribution is -2.17. The largest absolute Gasteiger partial charge is 0.320 e. The van der Waals surface area contributed by atoms with E-state index in [-0.39, 0.29) is 5.91 Å². The average Bonchev–Trinajstić information content (AvgIpc) is 2.89. The Morgan fingerprint density at radius 2 is 2.00 bits per heavy atom. The number of benzene rings is 1. The van der Waals surface area contributed by atoms with E-state index in [2.05, 4.69) is 17.2 Å². The van der Waals surface area contributed by atoms with E-state index in [1.165, 1.54) is 0 Å². The van der Waals surface area contributed by atoms with Crippen LogP contribution >= 0.6 is 0 Å². The summed E-state index contributed by atoms with van der Waals surface area (Å²) in [4.78, 5) is 17.6. The summed E-state index contributed by atoms with van der Waals surface area (Å²) in [6.07, 6.45) is 3.66. The summed E-state index contributed by atoms with van der Waals surface area (Å²) in [5.74, 6) is -0.108. The molecule has 0 spiro atoms. The van der Waals surface area contributed by atoms with Gasteiger partial charge in [-0.15, -0.1) is 0 Å². The van der Waals surface area contributed by atoms with Crippen molar-refractivity contribution in [1.82, 2.24) is 9.38 Å². The number of anilines is 1. The number of carbonyl (C=O) groups is 1. The number of carbonyl (C=O) groups excluding carboxylic acids is 1. The lowest BCUT2D eigenvalue weighted by atomic mass is 10.1. The third-order valence-electron chi connectivity index (χ3n) is 4.41. The summed E-state index contributed by atoms with van der Waals surface area (Å²) in [7, 11) is 0. The predicted octanol–water partition coefficient (Wildman–Crippen LogP) is 4.46. The summed E-state index contributed by atoms with van der Waals surface area (Å²) in [5.41, 5.74) is 6.55. The zero-order valence-electron chi connectivity index (χ0n) is 14.7. The lowest BCUT2D eigenvalue weighted by molar-refractivity contribution is 0.102. The number of nitrogens with zero attached hydrogens (tertiary/aromatic N) is 2. The summed E-state index contributed by atoms with van der Waals surface area (Å²) < 4.78 is 1.89. The molecule has 1 aromatic carbocycles. The van der Waals surface area contributed by atoms with E-state index in [1.807, 2.05) is 61.7 Å². The van der Waals surface area contributed by atoms with Gasteiger partial charge in [-0.1, -0.05) is 25.5 Å². The minimum Gasteiger partial charge on any atom is -0.320 e. The molecule has 1 N–H and O–H groups in total. The second-order valence-corrected chi connectivity index (χ2v) is 6.29. The minimum absolute atomic E-state index is 0.108. The molecule has 4 nitrogen and oxygen atoms in total. The molecule has 0 fully saturated rings. The van der Waals surface area contributed by atoms with Gasteiger partial charge in [-0.05, 0) is 62.1 Å². The Morgan fingerprint density at radius 1 is 1.21 bits per heavy atom. The first kappa shape index (κ1) is 16.2. The Balaban J connectivity index is 2.05. The molecule has 0 radical (unpaired) electrons. The van der Waals surface area contributed by atoms with Gasteiger partial charge in [-0.25, -0.2) is 4.98 Å². The monoisotopic (exact) mass is 321 g/mol. The number of hydrogen-bond donors (Lipinski definition) is 1. The van der Waals surface area contributed by atoms with E-state index < -0.39 is 0 Å². The van der Waals surface area contributed by atoms with Gasteiger partial charge in [0, 0.05) is 11.9 Å². The number of fused-ring (bicyclic) bond motifs is 1. The Hall–Kier alpha value is -2.62. The number of rotatable bonds is 4. The molecular weight excluding hydrogens is 298 g/mol. The van der Waals surface area contributed by atoms with Crippen LogP contribution in [0.4, 0.5) is 5.69 Å². The van der Waals surface area contributed by atoms with E-state index >= 15 is 0 Å². The van der Waals surface area contributed by atoms with E-state index in [4.69, 9.17) is 0 Å². The van der Waals surface area contributed by atoms with Crippen LogP contribution in [0.1, 0.15) is 46.2 Å². The topological polar surface area (TPSA) is 46.4 Å². The van der Waals surface area contributed by atoms with Crippen LogP contribution in [0.2, 0.25) is 0 Å². The average molecular weight is 321 g/mol. The fraction of sp³-hybridized carbons (Fsp3) is 0.300. The van der Waals surface area contributed by atoms with E-state index in [0.717, 1.165) is 46.6 Å². The lowest BCUT2D eigenvalue weighted by Gasteiger charge is -2.11. The van der Waals surface area contributed by atoms with Gasteiger partial charge in [0.25, 0.3) is 5.91 Å². The van der Waals surface area contributed by atoms with Crippen LogP contribution in [0.25, 0.3) is 5.65 Å². The van der Waals surface area contributed by atoms with Crippen molar-refractivity contribution in [3.8, 4) is 0 Å². The van der Waals surface area contributed by atoms with Gasteiger partial charge < -0.3 is 5.32 Å². The molecule has 0 aliphatic heterocycles. The first-order valence-electron chi connectivity index (χ1n) is 8.36. The molecule has 0 aliphatic rings. The molecule has 124 valence electrons. The number of amides is 1. The Kier molecular flexibility index (Phi) is 4.38. The number of nitrogens with one attached hydrogen (secondary N) is 1. The molecule has 4 heteroatoms. The van der Waals surface area contributed by atoms with Crippen molar-refractivity contribution in [3.63, 3.8) is 0 Å². The third-order valence-corrected chi connectivity index (χ3v) is 4.41. The molecule has 0 saturated carbocycles. The van der Waals surface area contributed by atoms with Crippen molar-refractivity contribution >= 4 is 17.2 Å². The van der Waals surface area contributed by atoms with Crippen LogP contribution in [0.5, 0.6) is 0 Å². The molecule has 3 aromatic rings. The summed E-state index contributed by atoms with van der Waals surface area (Å²) in [5, 5.41) is 3.06. The van der Waals surface area contributed by atoms with Crippen molar-refractivity contribution < 1.29 is 4.79 Å². The molecule has 0 atom stereocenters. The molecule has 1 amide bonds. The number of pyridine rings is 1. The van der Waals surface area contributed by atoms with Crippen molar-refractivity contribution in [1.29, 1.82) is 0 Å². The number of aryl methyl sites for hydroxylation is 3. The van der Waals surface area contributed by atoms with Crippen molar-refractivity contribution in [3.05, 3.63) is 64.6 Å². The number of imidazole rings is 1. The first-order chi connectivity index (χ1) is 11.5. The Bertz CT molecular complexity index is 909. The van der Waals surface area contributed by atoms with Crippen molar-refractivity contribution in [2.45, 2.75) is 40.5 Å². The summed E-state index contributed by atoms with van der Waals surface area (Å²) >= 11 is 0. The van der Waals surface area contributed by atoms with Gasteiger partial charge >= 0.3 is 0 Å². The zero-order chi connectivity index (χ0) is 17.3. The highest BCUT2D eigenvalue weighted by Crippen LogP contribution is 2.21. The van der Waals surface area contributed by atoms with Crippen LogP contribution in [-0.2, 0) is 6.42 Å². The number of aromatic nitrogens is 2. The predicted molar refractivity (Wildman–Crippen MR) is 97.8 cm³/mol. The van der Waals surface area contributed by atoms with Gasteiger partial charge in [0.05, 0.1) is 5.69 Å². The first-order valence-corrected chi connectivity index (χ1v) is 8.36. The minimum atomic E-state index is -0.108. The van der Waals surface area contributed by atoms with Crippen LogP contribution in [-0.4, -0.2) is 15.3 Å². The Labute approximate surface area is 142 Å². The van der Waals surface area contributed by atoms with Gasteiger partial charge in [0.1, 0.15) is 11.3 Å². The van der Waals surface area contributed by atoms with Crippen LogP contribution in [0.15, 0.2) is 36.5 Å². The van der Waals surface area contributed by atoms with Crippen LogP contribution < -0.4 is 5.32 Å². The highest BCUT2D eigenvalue weighted by molar-refractivity contribution is 6.05. The quantitative estimate of drug-likeness (QED) is 0.771. The molecule has 2 heterocycles. The zero-order valence-corrected chi connectivity index (χ0v) is 14.7. The standard InChI is InChI=1S/C20H23N3O/c1-5-7-17-19(23-11-10-13(2)12-18(23)21-17)20(24)22-16-9-6-8-14(3)15(16)4/h6,8-12H,5,7H2,1-4H3,(H,22,24). The fourth-order valence-electron chi connectivity index (χ4n) is 2.91. The van der Waals surface area contributed by atoms with Gasteiger partial charge in [0.2, 0.25) is 0 Å². The highest BCUT2D eigenvalue weighted by atomic mass is 16.2. The molecule has 0 unspecified atom stereocenters. The maximum absolute atomic E-state index is 13.0. The van der Waals surface area contributed by atoms with Crippen LogP contribution in [0.3, 0.4) is 0 Å². The normalized spacial score (nSPS) is 11.0. The number of hydrogen-bond acceptors (Lipinski definition) is 2. The van der Waals surface area contributed by atoms with E-state index in [9.17, 15) is 4.79 Å². The Morgan fingerprint density at radius 3 is 2.75 bits per heavy atom. The SMILES string of the molecule is CCCc1nc2cc(C)ccn2c1C(=O)Nc1cccc(C)c1C. The summed E-state index contributed by atoms with van der Waals surface area (Å²) in [6.45, 7) is 8.20. The van der Waals surface area contributed by atoms with E-state index in [1.54, 1.807) is 0 Å².